The molecule has 8 atom stereocenters. The molecule has 8 unspecified atom stereocenters. The number of ether oxygens (including phenoxy) is 17. The molecule has 1 heterocycles. The van der Waals surface area contributed by atoms with E-state index in [1.807, 2.05) is 0 Å². The van der Waals surface area contributed by atoms with Gasteiger partial charge < -0.3 is 162 Å². The standard InChI is InChI=1S/C75H145N3O35/c1-3-5-7-9-11-13-15-17-19-21-74(95)112-33-58(34-113-75(96)22-20-18-16-14-12-10-8-6-4-2)78-23-57(76-77-78)32-105-71(51-110-72(53-106-67(43-97-35-59(87)24-79)44-98-36-60(88)25-80)54-107-68(45-99-37-61(89)26-81)46-100-38-62(90)27-82)52-111-73(55-108-69(47-101-39-63(91)28-83)48-102-40-64(92)29-84)56-109-70(49-103-41-65(93)30-85)50-104-42-66(94)31-86/h23,58-73,79-94H,3-22,24-56H2,1-2H3. The van der Waals surface area contributed by atoms with Crippen LogP contribution in [0.3, 0.4) is 0 Å². The first kappa shape index (κ1) is 108. The van der Waals surface area contributed by atoms with Gasteiger partial charge in [-0.15, -0.1) is 5.10 Å². The maximum Gasteiger partial charge on any atom is 0.305 e. The number of carbonyl (C=O) groups excluding carboxylic acids is 2. The van der Waals surface area contributed by atoms with Gasteiger partial charge in [-0.3, -0.25) is 9.59 Å². The number of nitrogens with zero attached hydrogens (tertiary/aromatic N) is 3. The van der Waals surface area contributed by atoms with Gasteiger partial charge in [0.1, 0.15) is 117 Å². The molecule has 0 saturated carbocycles. The van der Waals surface area contributed by atoms with Gasteiger partial charge in [-0.1, -0.05) is 122 Å². The van der Waals surface area contributed by atoms with Crippen molar-refractivity contribution in [2.24, 2.45) is 0 Å². The predicted molar refractivity (Wildman–Crippen MR) is 403 cm³/mol. The predicted octanol–water partition coefficient (Wildman–Crippen LogP) is -2.10. The first-order valence-corrected chi connectivity index (χ1v) is 40.2. The van der Waals surface area contributed by atoms with E-state index in [1.54, 1.807) is 0 Å². The van der Waals surface area contributed by atoms with Crippen LogP contribution in [0.25, 0.3) is 0 Å². The van der Waals surface area contributed by atoms with E-state index < -0.39 is 176 Å². The van der Waals surface area contributed by atoms with E-state index in [9.17, 15) is 91.3 Å². The molecule has 0 aliphatic carbocycles. The summed E-state index contributed by atoms with van der Waals surface area (Å²) in [6, 6.07) is -0.837. The summed E-state index contributed by atoms with van der Waals surface area (Å²) < 4.78 is 103. The smallest absolute Gasteiger partial charge is 0.305 e. The highest BCUT2D eigenvalue weighted by molar-refractivity contribution is 5.69. The van der Waals surface area contributed by atoms with Gasteiger partial charge in [0.15, 0.2) is 0 Å². The molecule has 0 bridgehead atoms. The van der Waals surface area contributed by atoms with E-state index in [0.29, 0.717) is 12.8 Å². The lowest BCUT2D eigenvalue weighted by Crippen LogP contribution is -2.40. The summed E-state index contributed by atoms with van der Waals surface area (Å²) in [7, 11) is 0. The second kappa shape index (κ2) is 75.1. The SMILES string of the molecule is CCCCCCCCCCCC(=O)OCC(COC(=O)CCCCCCCCCCC)n1cc(COC(COC(COC(COCC(O)CO)COCC(O)CO)COC(COCC(O)CO)COCC(O)CO)COC(COC(COCC(O)CO)COCC(O)CO)COC(COCC(O)CO)COCC(O)CO)nn1. The summed E-state index contributed by atoms with van der Waals surface area (Å²) in [5.41, 5.74) is 0.218. The van der Waals surface area contributed by atoms with Gasteiger partial charge in [0, 0.05) is 12.8 Å². The summed E-state index contributed by atoms with van der Waals surface area (Å²) in [4.78, 5) is 26.6. The molecule has 0 aliphatic heterocycles. The minimum atomic E-state index is -1.26. The zero-order chi connectivity index (χ0) is 83.2. The molecule has 0 spiro atoms. The van der Waals surface area contributed by atoms with Crippen LogP contribution in [0.1, 0.15) is 154 Å². The molecule has 0 aromatic carbocycles. The molecule has 0 amide bonds. The van der Waals surface area contributed by atoms with Crippen molar-refractivity contribution in [3.05, 3.63) is 11.9 Å². The molecule has 1 rings (SSSR count). The van der Waals surface area contributed by atoms with Crippen molar-refractivity contribution in [1.29, 1.82) is 0 Å². The van der Waals surface area contributed by atoms with Gasteiger partial charge in [0.2, 0.25) is 0 Å². The summed E-state index contributed by atoms with van der Waals surface area (Å²) in [6.07, 6.45) is 3.41. The van der Waals surface area contributed by atoms with Crippen LogP contribution < -0.4 is 0 Å². The number of carbonyl (C=O) groups is 2. The lowest BCUT2D eigenvalue weighted by atomic mass is 10.1. The Hall–Kier alpha value is -3.16. The Morgan fingerprint density at radius 1 is 0.292 bits per heavy atom. The normalized spacial score (nSPS) is 16.1. The average Bonchev–Trinajstić information content (AvgIpc) is 1.74. The highest BCUT2D eigenvalue weighted by Gasteiger charge is 2.28. The Labute approximate surface area is 666 Å². The highest BCUT2D eigenvalue weighted by Crippen LogP contribution is 2.18. The van der Waals surface area contributed by atoms with Crippen molar-refractivity contribution in [2.75, 3.05) is 211 Å². The van der Waals surface area contributed by atoms with E-state index >= 15 is 0 Å². The van der Waals surface area contributed by atoms with Crippen molar-refractivity contribution >= 4 is 11.9 Å². The first-order chi connectivity index (χ1) is 54.8. The third-order valence-electron chi connectivity index (χ3n) is 16.9. The van der Waals surface area contributed by atoms with E-state index in [2.05, 4.69) is 24.2 Å². The average molecular weight is 1650 g/mol. The Balaban J connectivity index is 4.11. The van der Waals surface area contributed by atoms with Crippen LogP contribution in [0.5, 0.6) is 0 Å². The highest BCUT2D eigenvalue weighted by atomic mass is 16.6. The van der Waals surface area contributed by atoms with Gasteiger partial charge in [0.05, 0.1) is 211 Å². The zero-order valence-electron chi connectivity index (χ0n) is 67.0. The second-order valence-corrected chi connectivity index (χ2v) is 28.0. The number of hydrogen-bond acceptors (Lipinski definition) is 37. The molecule has 0 fully saturated rings. The topological polar surface area (TPSA) is 545 Å². The van der Waals surface area contributed by atoms with E-state index in [1.165, 1.54) is 49.4 Å². The third kappa shape index (κ3) is 62.6. The number of aliphatic hydroxyl groups is 16. The maximum absolute atomic E-state index is 13.3. The van der Waals surface area contributed by atoms with Gasteiger partial charge in [-0.05, 0) is 12.8 Å². The van der Waals surface area contributed by atoms with Gasteiger partial charge in [-0.25, -0.2) is 4.68 Å². The van der Waals surface area contributed by atoms with Crippen LogP contribution in [-0.4, -0.2) is 412 Å². The van der Waals surface area contributed by atoms with Crippen LogP contribution >= 0.6 is 0 Å². The number of esters is 2. The lowest BCUT2D eigenvalue weighted by molar-refractivity contribution is -0.166. The molecule has 0 saturated heterocycles. The third-order valence-corrected chi connectivity index (χ3v) is 16.9. The number of rotatable bonds is 86. The molecule has 1 aromatic heterocycles. The quantitative estimate of drug-likeness (QED) is 0.0245. The fourth-order valence-corrected chi connectivity index (χ4v) is 10.2. The Morgan fingerprint density at radius 2 is 0.504 bits per heavy atom. The first-order valence-electron chi connectivity index (χ1n) is 40.2. The van der Waals surface area contributed by atoms with Gasteiger partial charge in [0.25, 0.3) is 0 Å². The van der Waals surface area contributed by atoms with E-state index in [4.69, 9.17) is 80.5 Å². The molecule has 16 N–H and O–H groups in total. The minimum absolute atomic E-state index is 0.181. The number of hydrogen-bond donors (Lipinski definition) is 16. The maximum atomic E-state index is 13.3. The Morgan fingerprint density at radius 3 is 0.735 bits per heavy atom. The fraction of sp³-hybridized carbons (Fsp3) is 0.947. The van der Waals surface area contributed by atoms with Gasteiger partial charge >= 0.3 is 11.9 Å². The molecule has 1 aromatic rings. The minimum Gasteiger partial charge on any atom is -0.463 e. The van der Waals surface area contributed by atoms with Crippen molar-refractivity contribution in [3.8, 4) is 0 Å². The van der Waals surface area contributed by atoms with Crippen LogP contribution in [0, 0.1) is 0 Å². The molecule has 113 heavy (non-hydrogen) atoms. The van der Waals surface area contributed by atoms with Gasteiger partial charge in [-0.2, -0.15) is 0 Å². The molecule has 0 radical (unpaired) electrons. The molecule has 38 nitrogen and oxygen atoms in total. The largest absolute Gasteiger partial charge is 0.463 e. The molecular formula is C75H145N3O35. The summed E-state index contributed by atoms with van der Waals surface area (Å²) >= 11 is 0. The molecule has 38 heteroatoms. The molecule has 0 aliphatic rings. The zero-order valence-corrected chi connectivity index (χ0v) is 67.0. The monoisotopic (exact) mass is 1650 g/mol. The lowest BCUT2D eigenvalue weighted by Gasteiger charge is -2.29. The van der Waals surface area contributed by atoms with Crippen LogP contribution in [0.15, 0.2) is 6.20 Å². The van der Waals surface area contributed by atoms with E-state index in [-0.39, 0.29) is 170 Å². The van der Waals surface area contributed by atoms with Crippen molar-refractivity contribution < 1.29 is 172 Å². The van der Waals surface area contributed by atoms with Crippen LogP contribution in [-0.2, 0) is 96.7 Å². The Bertz CT molecular complexity index is 1980. The summed E-state index contributed by atoms with van der Waals surface area (Å²) in [5, 5.41) is 166. The van der Waals surface area contributed by atoms with Crippen molar-refractivity contribution in [2.45, 2.75) is 246 Å². The van der Waals surface area contributed by atoms with Crippen molar-refractivity contribution in [3.63, 3.8) is 0 Å². The second-order valence-electron chi connectivity index (χ2n) is 28.0. The number of aromatic nitrogens is 3. The summed E-state index contributed by atoms with van der Waals surface area (Å²) in [6.45, 7) is -8.12. The van der Waals surface area contributed by atoms with E-state index in [0.717, 1.165) is 64.2 Å². The summed E-state index contributed by atoms with van der Waals surface area (Å²) in [5.74, 6) is -0.869. The van der Waals surface area contributed by atoms with Crippen LogP contribution in [0.4, 0.5) is 0 Å². The van der Waals surface area contributed by atoms with Crippen molar-refractivity contribution in [1.82, 2.24) is 15.0 Å². The molecular weight excluding hydrogens is 1500 g/mol. The molecule has 670 valence electrons. The number of unbranched alkanes of at least 4 members (excludes halogenated alkanes) is 16. The Kier molecular flexibility index (Phi) is 71.7. The number of aliphatic hydroxyl groups excluding tert-OH is 16. The fourth-order valence-electron chi connectivity index (χ4n) is 10.2. The van der Waals surface area contributed by atoms with Crippen LogP contribution in [0.2, 0.25) is 0 Å².